The van der Waals surface area contributed by atoms with E-state index in [0.717, 1.165) is 36.1 Å². The predicted molar refractivity (Wildman–Crippen MR) is 94.2 cm³/mol. The number of nitrogens with one attached hydrogen (secondary N) is 2. The number of aromatic nitrogens is 2. The Labute approximate surface area is 132 Å². The van der Waals surface area contributed by atoms with Gasteiger partial charge in [0.15, 0.2) is 0 Å². The summed E-state index contributed by atoms with van der Waals surface area (Å²) in [5.74, 6) is 2.44. The molecule has 0 fully saturated rings. The van der Waals surface area contributed by atoms with Gasteiger partial charge in [0.05, 0.1) is 0 Å². The Kier molecular flexibility index (Phi) is 5.58. The quantitative estimate of drug-likeness (QED) is 0.761. The first-order valence-corrected chi connectivity index (χ1v) is 7.72. The van der Waals surface area contributed by atoms with Gasteiger partial charge < -0.3 is 15.5 Å². The second-order valence-electron chi connectivity index (χ2n) is 5.53. The second-order valence-corrected chi connectivity index (χ2v) is 5.53. The summed E-state index contributed by atoms with van der Waals surface area (Å²) in [6.45, 7) is 5.02. The van der Waals surface area contributed by atoms with E-state index < -0.39 is 0 Å². The van der Waals surface area contributed by atoms with E-state index in [-0.39, 0.29) is 0 Å². The van der Waals surface area contributed by atoms with Crippen LogP contribution in [0.4, 0.5) is 23.0 Å². The molecule has 0 amide bonds. The van der Waals surface area contributed by atoms with E-state index in [2.05, 4.69) is 56.7 Å². The number of anilines is 4. The van der Waals surface area contributed by atoms with Crippen LogP contribution in [0.25, 0.3) is 0 Å². The fraction of sp³-hybridized carbons (Fsp3) is 0.412. The summed E-state index contributed by atoms with van der Waals surface area (Å²) in [6, 6.07) is 10.2. The van der Waals surface area contributed by atoms with Crippen LogP contribution in [-0.4, -0.2) is 30.6 Å². The van der Waals surface area contributed by atoms with Crippen LogP contribution < -0.4 is 15.5 Å². The molecule has 0 bridgehead atoms. The first-order valence-electron chi connectivity index (χ1n) is 7.72. The summed E-state index contributed by atoms with van der Waals surface area (Å²) < 4.78 is 0. The molecule has 2 N–H and O–H groups in total. The number of nitrogens with zero attached hydrogens (tertiary/aromatic N) is 3. The van der Waals surface area contributed by atoms with Crippen LogP contribution in [0.3, 0.4) is 0 Å². The Morgan fingerprint density at radius 2 is 1.73 bits per heavy atom. The Balaban J connectivity index is 2.08. The summed E-state index contributed by atoms with van der Waals surface area (Å²) in [4.78, 5) is 10.9. The minimum absolute atomic E-state index is 0.758. The lowest BCUT2D eigenvalue weighted by Crippen LogP contribution is -2.08. The van der Waals surface area contributed by atoms with Gasteiger partial charge in [0.1, 0.15) is 17.5 Å². The highest BCUT2D eigenvalue weighted by Crippen LogP contribution is 2.20. The first-order chi connectivity index (χ1) is 10.6. The van der Waals surface area contributed by atoms with E-state index in [1.165, 1.54) is 12.1 Å². The van der Waals surface area contributed by atoms with Gasteiger partial charge >= 0.3 is 0 Å². The van der Waals surface area contributed by atoms with Gasteiger partial charge in [-0.25, -0.2) is 9.97 Å². The van der Waals surface area contributed by atoms with Crippen molar-refractivity contribution in [3.8, 4) is 0 Å². The zero-order chi connectivity index (χ0) is 15.9. The molecule has 0 aliphatic rings. The lowest BCUT2D eigenvalue weighted by molar-refractivity contribution is 0.829. The molecule has 5 nitrogen and oxygen atoms in total. The molecule has 0 aliphatic heterocycles. The molecule has 5 heteroatoms. The number of unbranched alkanes of at least 4 members (excludes halogenated alkanes) is 1. The predicted octanol–water partition coefficient (Wildman–Crippen LogP) is 3.81. The Bertz CT molecular complexity index is 592. The van der Waals surface area contributed by atoms with Gasteiger partial charge in [-0.15, -0.1) is 0 Å². The van der Waals surface area contributed by atoms with Crippen molar-refractivity contribution in [1.29, 1.82) is 0 Å². The number of rotatable bonds is 7. The third-order valence-electron chi connectivity index (χ3n) is 3.33. The van der Waals surface area contributed by atoms with E-state index in [0.29, 0.717) is 0 Å². The molecular formula is C17H25N5. The third-order valence-corrected chi connectivity index (χ3v) is 3.33. The average Bonchev–Trinajstić information content (AvgIpc) is 2.47. The summed E-state index contributed by atoms with van der Waals surface area (Å²) in [5.41, 5.74) is 2.19. The molecule has 0 spiro atoms. The molecule has 2 rings (SSSR count). The number of hydrogen-bond donors (Lipinski definition) is 2. The van der Waals surface area contributed by atoms with Crippen molar-refractivity contribution >= 4 is 23.0 Å². The van der Waals surface area contributed by atoms with Gasteiger partial charge in [-0.2, -0.15) is 0 Å². The zero-order valence-corrected chi connectivity index (χ0v) is 13.8. The Hall–Kier alpha value is -2.30. The molecule has 22 heavy (non-hydrogen) atoms. The summed E-state index contributed by atoms with van der Waals surface area (Å²) >= 11 is 0. The van der Waals surface area contributed by atoms with Crippen molar-refractivity contribution in [3.05, 3.63) is 36.2 Å². The number of aryl methyl sites for hydroxylation is 1. The normalized spacial score (nSPS) is 10.4. The largest absolute Gasteiger partial charge is 0.378 e. The molecule has 2 aromatic rings. The van der Waals surface area contributed by atoms with Crippen LogP contribution in [0.2, 0.25) is 0 Å². The molecule has 118 valence electrons. The van der Waals surface area contributed by atoms with Gasteiger partial charge in [-0.1, -0.05) is 13.3 Å². The van der Waals surface area contributed by atoms with Gasteiger partial charge in [-0.3, -0.25) is 0 Å². The van der Waals surface area contributed by atoms with Crippen molar-refractivity contribution in [3.63, 3.8) is 0 Å². The van der Waals surface area contributed by atoms with Gasteiger partial charge in [0.2, 0.25) is 0 Å². The van der Waals surface area contributed by atoms with Crippen LogP contribution in [0.15, 0.2) is 30.3 Å². The smallest absolute Gasteiger partial charge is 0.136 e. The maximum Gasteiger partial charge on any atom is 0.136 e. The van der Waals surface area contributed by atoms with Crippen LogP contribution in [0, 0.1) is 6.92 Å². The maximum atomic E-state index is 4.44. The second kappa shape index (κ2) is 7.64. The molecule has 0 unspecified atom stereocenters. The fourth-order valence-corrected chi connectivity index (χ4v) is 2.11. The molecule has 1 aromatic carbocycles. The van der Waals surface area contributed by atoms with E-state index >= 15 is 0 Å². The summed E-state index contributed by atoms with van der Waals surface area (Å²) in [5, 5.41) is 6.67. The minimum atomic E-state index is 0.758. The Morgan fingerprint density at radius 3 is 2.36 bits per heavy atom. The van der Waals surface area contributed by atoms with Crippen molar-refractivity contribution in [2.75, 3.05) is 36.2 Å². The van der Waals surface area contributed by atoms with Crippen molar-refractivity contribution in [2.24, 2.45) is 0 Å². The molecule has 0 saturated carbocycles. The number of hydrogen-bond acceptors (Lipinski definition) is 5. The summed E-state index contributed by atoms with van der Waals surface area (Å²) in [7, 11) is 4.06. The van der Waals surface area contributed by atoms with E-state index in [1.807, 2.05) is 27.1 Å². The van der Waals surface area contributed by atoms with E-state index in [9.17, 15) is 0 Å². The molecule has 0 saturated heterocycles. The SMILES string of the molecule is CCCCNc1cc(Nc2ccc(N(C)C)cc2)nc(C)n1. The van der Waals surface area contributed by atoms with Crippen LogP contribution in [0.1, 0.15) is 25.6 Å². The van der Waals surface area contributed by atoms with Gasteiger partial charge in [0, 0.05) is 38.1 Å². The maximum absolute atomic E-state index is 4.44. The molecular weight excluding hydrogens is 274 g/mol. The topological polar surface area (TPSA) is 53.1 Å². The molecule has 1 heterocycles. The molecule has 0 aliphatic carbocycles. The first kappa shape index (κ1) is 16.1. The monoisotopic (exact) mass is 299 g/mol. The highest BCUT2D eigenvalue weighted by atomic mass is 15.1. The van der Waals surface area contributed by atoms with Gasteiger partial charge in [-0.05, 0) is 37.6 Å². The average molecular weight is 299 g/mol. The van der Waals surface area contributed by atoms with Crippen molar-refractivity contribution in [1.82, 2.24) is 9.97 Å². The van der Waals surface area contributed by atoms with Crippen LogP contribution >= 0.6 is 0 Å². The van der Waals surface area contributed by atoms with Crippen LogP contribution in [-0.2, 0) is 0 Å². The third kappa shape index (κ3) is 4.62. The minimum Gasteiger partial charge on any atom is -0.378 e. The standard InChI is InChI=1S/C17H25N5/c1-5-6-11-18-16-12-17(20-13(2)19-16)21-14-7-9-15(10-8-14)22(3)4/h7-10,12H,5-6,11H2,1-4H3,(H2,18,19,20,21). The summed E-state index contributed by atoms with van der Waals surface area (Å²) in [6.07, 6.45) is 2.30. The lowest BCUT2D eigenvalue weighted by atomic mass is 10.2. The van der Waals surface area contributed by atoms with Crippen molar-refractivity contribution < 1.29 is 0 Å². The fourth-order valence-electron chi connectivity index (χ4n) is 2.11. The lowest BCUT2D eigenvalue weighted by Gasteiger charge is -2.14. The highest BCUT2D eigenvalue weighted by Gasteiger charge is 2.03. The zero-order valence-electron chi connectivity index (χ0n) is 13.8. The molecule has 0 atom stereocenters. The van der Waals surface area contributed by atoms with E-state index in [4.69, 9.17) is 0 Å². The van der Waals surface area contributed by atoms with E-state index in [1.54, 1.807) is 0 Å². The molecule has 0 radical (unpaired) electrons. The Morgan fingerprint density at radius 1 is 1.05 bits per heavy atom. The highest BCUT2D eigenvalue weighted by molar-refractivity contribution is 5.62. The molecule has 1 aromatic heterocycles. The number of benzene rings is 1. The van der Waals surface area contributed by atoms with Gasteiger partial charge in [0.25, 0.3) is 0 Å². The van der Waals surface area contributed by atoms with Crippen molar-refractivity contribution in [2.45, 2.75) is 26.7 Å². The van der Waals surface area contributed by atoms with Crippen LogP contribution in [0.5, 0.6) is 0 Å².